The maximum absolute atomic E-state index is 12.3. The summed E-state index contributed by atoms with van der Waals surface area (Å²) in [6.45, 7) is 3.96. The number of amides is 1. The van der Waals surface area contributed by atoms with Crippen LogP contribution in [0.5, 0.6) is 5.75 Å². The van der Waals surface area contributed by atoms with Crippen LogP contribution in [-0.4, -0.2) is 33.7 Å². The molecule has 0 aliphatic heterocycles. The first-order valence-corrected chi connectivity index (χ1v) is 10.5. The zero-order valence-electron chi connectivity index (χ0n) is 17.1. The summed E-state index contributed by atoms with van der Waals surface area (Å²) < 4.78 is 5.32. The van der Waals surface area contributed by atoms with Crippen molar-refractivity contribution in [1.29, 1.82) is 0 Å². The van der Waals surface area contributed by atoms with Gasteiger partial charge in [0.15, 0.2) is 0 Å². The largest absolute Gasteiger partial charge is 0.495 e. The van der Waals surface area contributed by atoms with E-state index < -0.39 is 0 Å². The Bertz CT molecular complexity index is 1040. The highest BCUT2D eigenvalue weighted by Gasteiger charge is 2.10. The lowest BCUT2D eigenvalue weighted by Gasteiger charge is -2.11. The van der Waals surface area contributed by atoms with Gasteiger partial charge in [-0.05, 0) is 43.2 Å². The summed E-state index contributed by atoms with van der Waals surface area (Å²) in [6.07, 6.45) is 0. The molecule has 3 aromatic rings. The molecule has 3 rings (SSSR count). The van der Waals surface area contributed by atoms with Gasteiger partial charge in [0.25, 0.3) is 0 Å². The molecule has 0 saturated heterocycles. The summed E-state index contributed by atoms with van der Waals surface area (Å²) in [7, 11) is 1.59. The predicted molar refractivity (Wildman–Crippen MR) is 121 cm³/mol. The average Bonchev–Trinajstić information content (AvgIpc) is 2.71. The second kappa shape index (κ2) is 9.93. The lowest BCUT2D eigenvalue weighted by Crippen LogP contribution is -2.15. The van der Waals surface area contributed by atoms with Crippen molar-refractivity contribution in [3.8, 4) is 5.75 Å². The van der Waals surface area contributed by atoms with E-state index in [0.717, 1.165) is 22.5 Å². The van der Waals surface area contributed by atoms with E-state index in [1.165, 1.54) is 11.8 Å². The van der Waals surface area contributed by atoms with E-state index in [9.17, 15) is 4.79 Å². The van der Waals surface area contributed by atoms with E-state index in [1.54, 1.807) is 7.11 Å². The van der Waals surface area contributed by atoms with Gasteiger partial charge in [0, 0.05) is 5.69 Å². The SMILES string of the molecule is COc1ccccc1Nc1nc(N)nc(CSCC(=O)Nc2cc(C)ccc2C)n1. The zero-order chi connectivity index (χ0) is 21.5. The van der Waals surface area contributed by atoms with E-state index in [1.807, 2.05) is 56.3 Å². The van der Waals surface area contributed by atoms with Gasteiger partial charge in [-0.3, -0.25) is 4.79 Å². The third-order valence-electron chi connectivity index (χ3n) is 4.18. The van der Waals surface area contributed by atoms with Crippen molar-refractivity contribution < 1.29 is 9.53 Å². The highest BCUT2D eigenvalue weighted by molar-refractivity contribution is 7.99. The van der Waals surface area contributed by atoms with Crippen molar-refractivity contribution in [2.75, 3.05) is 29.2 Å². The van der Waals surface area contributed by atoms with Gasteiger partial charge in [0.05, 0.1) is 24.3 Å². The third-order valence-corrected chi connectivity index (χ3v) is 5.11. The highest BCUT2D eigenvalue weighted by atomic mass is 32.2. The molecule has 1 heterocycles. The monoisotopic (exact) mass is 424 g/mol. The van der Waals surface area contributed by atoms with Crippen LogP contribution in [0.15, 0.2) is 42.5 Å². The molecule has 0 aliphatic rings. The van der Waals surface area contributed by atoms with E-state index in [-0.39, 0.29) is 17.6 Å². The first-order valence-electron chi connectivity index (χ1n) is 9.30. The fraction of sp³-hybridized carbons (Fsp3) is 0.238. The molecule has 1 aromatic heterocycles. The van der Waals surface area contributed by atoms with Gasteiger partial charge in [0.1, 0.15) is 11.6 Å². The number of rotatable bonds is 8. The number of aromatic nitrogens is 3. The molecule has 1 amide bonds. The van der Waals surface area contributed by atoms with Gasteiger partial charge >= 0.3 is 0 Å². The second-order valence-corrected chi connectivity index (χ2v) is 7.60. The van der Waals surface area contributed by atoms with E-state index >= 15 is 0 Å². The van der Waals surface area contributed by atoms with Crippen LogP contribution in [0.4, 0.5) is 23.3 Å². The van der Waals surface area contributed by atoms with Gasteiger partial charge < -0.3 is 21.1 Å². The Morgan fingerprint density at radius 2 is 1.90 bits per heavy atom. The Labute approximate surface area is 179 Å². The van der Waals surface area contributed by atoms with Crippen LogP contribution in [0.2, 0.25) is 0 Å². The maximum Gasteiger partial charge on any atom is 0.234 e. The maximum atomic E-state index is 12.3. The topological polar surface area (TPSA) is 115 Å². The van der Waals surface area contributed by atoms with Crippen molar-refractivity contribution >= 4 is 40.9 Å². The zero-order valence-corrected chi connectivity index (χ0v) is 17.9. The minimum atomic E-state index is -0.0805. The Balaban J connectivity index is 1.59. The number of nitrogens with zero attached hydrogens (tertiary/aromatic N) is 3. The molecule has 30 heavy (non-hydrogen) atoms. The minimum absolute atomic E-state index is 0.0805. The third kappa shape index (κ3) is 5.84. The van der Waals surface area contributed by atoms with Crippen molar-refractivity contribution in [1.82, 2.24) is 15.0 Å². The van der Waals surface area contributed by atoms with Crippen LogP contribution in [0.25, 0.3) is 0 Å². The molecular weight excluding hydrogens is 400 g/mol. The molecule has 0 fully saturated rings. The number of methoxy groups -OCH3 is 1. The molecule has 0 unspecified atom stereocenters. The van der Waals surface area contributed by atoms with E-state index in [2.05, 4.69) is 25.6 Å². The molecule has 4 N–H and O–H groups in total. The molecule has 8 nitrogen and oxygen atoms in total. The van der Waals surface area contributed by atoms with Crippen molar-refractivity contribution in [2.45, 2.75) is 19.6 Å². The van der Waals surface area contributed by atoms with Gasteiger partial charge in [-0.1, -0.05) is 24.3 Å². The normalized spacial score (nSPS) is 10.5. The molecule has 0 spiro atoms. The summed E-state index contributed by atoms with van der Waals surface area (Å²) >= 11 is 1.40. The van der Waals surface area contributed by atoms with Gasteiger partial charge in [0.2, 0.25) is 17.8 Å². The van der Waals surface area contributed by atoms with Gasteiger partial charge in [-0.15, -0.1) is 11.8 Å². The van der Waals surface area contributed by atoms with Crippen LogP contribution in [-0.2, 0) is 10.5 Å². The smallest absolute Gasteiger partial charge is 0.234 e. The number of hydrogen-bond donors (Lipinski definition) is 3. The van der Waals surface area contributed by atoms with Crippen molar-refractivity contribution in [2.24, 2.45) is 0 Å². The molecule has 0 saturated carbocycles. The molecular formula is C21H24N6O2S. The standard InChI is InChI=1S/C21H24N6O2S/c1-13-8-9-14(2)16(10-13)23-19(28)12-30-11-18-25-20(22)27-21(26-18)24-15-6-4-5-7-17(15)29-3/h4-10H,11-12H2,1-3H3,(H,23,28)(H3,22,24,25,26,27). The van der Waals surface area contributed by atoms with E-state index in [4.69, 9.17) is 10.5 Å². The van der Waals surface area contributed by atoms with Gasteiger partial charge in [-0.2, -0.15) is 15.0 Å². The van der Waals surface area contributed by atoms with Crippen LogP contribution < -0.4 is 21.1 Å². The second-order valence-electron chi connectivity index (χ2n) is 6.62. The minimum Gasteiger partial charge on any atom is -0.495 e. The Morgan fingerprint density at radius 1 is 1.10 bits per heavy atom. The van der Waals surface area contributed by atoms with Crippen LogP contribution in [0.3, 0.4) is 0 Å². The summed E-state index contributed by atoms with van der Waals surface area (Å²) in [5, 5.41) is 6.03. The molecule has 156 valence electrons. The lowest BCUT2D eigenvalue weighted by atomic mass is 10.1. The summed E-state index contributed by atoms with van der Waals surface area (Å²) in [4.78, 5) is 24.9. The summed E-state index contributed by atoms with van der Waals surface area (Å²) in [5.41, 5.74) is 9.49. The number of ether oxygens (including phenoxy) is 1. The summed E-state index contributed by atoms with van der Waals surface area (Å²) in [5.74, 6) is 2.20. The predicted octanol–water partition coefficient (Wildman–Crippen LogP) is 3.69. The number of benzene rings is 2. The number of para-hydroxylation sites is 2. The molecule has 0 bridgehead atoms. The van der Waals surface area contributed by atoms with Gasteiger partial charge in [-0.25, -0.2) is 0 Å². The first-order chi connectivity index (χ1) is 14.4. The number of nitrogens with one attached hydrogen (secondary N) is 2. The number of nitrogen functional groups attached to an aromatic ring is 1. The summed E-state index contributed by atoms with van der Waals surface area (Å²) in [6, 6.07) is 13.4. The number of hydrogen-bond acceptors (Lipinski definition) is 8. The van der Waals surface area contributed by atoms with Crippen LogP contribution in [0, 0.1) is 13.8 Å². The Hall–Kier alpha value is -3.33. The Morgan fingerprint density at radius 3 is 2.70 bits per heavy atom. The Kier molecular flexibility index (Phi) is 7.08. The number of anilines is 4. The lowest BCUT2D eigenvalue weighted by molar-refractivity contribution is -0.113. The molecule has 0 radical (unpaired) electrons. The number of aryl methyl sites for hydroxylation is 2. The first kappa shape index (κ1) is 21.4. The molecule has 0 atom stereocenters. The molecule has 2 aromatic carbocycles. The van der Waals surface area contributed by atoms with Crippen LogP contribution >= 0.6 is 11.8 Å². The fourth-order valence-corrected chi connectivity index (χ4v) is 3.39. The quantitative estimate of drug-likeness (QED) is 0.501. The number of carbonyl (C=O) groups is 1. The van der Waals surface area contributed by atoms with Crippen molar-refractivity contribution in [3.05, 3.63) is 59.4 Å². The molecule has 0 aliphatic carbocycles. The fourth-order valence-electron chi connectivity index (χ4n) is 2.72. The highest BCUT2D eigenvalue weighted by Crippen LogP contribution is 2.26. The average molecular weight is 425 g/mol. The number of carbonyl (C=O) groups excluding carboxylic acids is 1. The number of nitrogens with two attached hydrogens (primary N) is 1. The van der Waals surface area contributed by atoms with E-state index in [0.29, 0.717) is 23.3 Å². The number of thioether (sulfide) groups is 1. The molecule has 9 heteroatoms. The van der Waals surface area contributed by atoms with Crippen molar-refractivity contribution in [3.63, 3.8) is 0 Å². The van der Waals surface area contributed by atoms with Crippen LogP contribution in [0.1, 0.15) is 17.0 Å².